The highest BCUT2D eigenvalue weighted by molar-refractivity contribution is 6.07. The van der Waals surface area contributed by atoms with Crippen LogP contribution in [0.1, 0.15) is 36.0 Å². The standard InChI is InChI=1S/C22H26N2O5/c1-9-4-15(24(2)3)13-6-11-5-10-7-16(25)14(22(23)29)8-12(10)20(27)17(11)21(28)18(13)19(9)26/h4,10-12,25-26,28H,5-8H2,1-3H3,(H2,23,29). The van der Waals surface area contributed by atoms with Crippen molar-refractivity contribution in [3.63, 3.8) is 0 Å². The van der Waals surface area contributed by atoms with Crippen molar-refractivity contribution in [2.45, 2.75) is 32.6 Å². The first-order valence-corrected chi connectivity index (χ1v) is 9.83. The van der Waals surface area contributed by atoms with E-state index in [-0.39, 0.29) is 53.3 Å². The quantitative estimate of drug-likeness (QED) is 0.607. The Kier molecular flexibility index (Phi) is 4.37. The average Bonchev–Trinajstić information content (AvgIpc) is 2.63. The van der Waals surface area contributed by atoms with Crippen LogP contribution in [0.25, 0.3) is 5.76 Å². The molecule has 29 heavy (non-hydrogen) atoms. The number of carbonyl (C=O) groups is 2. The molecule has 1 aromatic rings. The molecule has 1 fully saturated rings. The molecule has 3 atom stereocenters. The summed E-state index contributed by atoms with van der Waals surface area (Å²) in [6.07, 6.45) is 1.47. The number of aliphatic hydroxyl groups excluding tert-OH is 2. The zero-order chi connectivity index (χ0) is 21.2. The fourth-order valence-electron chi connectivity index (χ4n) is 5.27. The lowest BCUT2D eigenvalue weighted by molar-refractivity contribution is -0.124. The number of primary amides is 1. The molecular formula is C22H26N2O5. The number of rotatable bonds is 2. The first kappa shape index (κ1) is 19.4. The highest BCUT2D eigenvalue weighted by Crippen LogP contribution is 2.52. The van der Waals surface area contributed by atoms with Gasteiger partial charge in [0.05, 0.1) is 11.1 Å². The van der Waals surface area contributed by atoms with Gasteiger partial charge >= 0.3 is 0 Å². The van der Waals surface area contributed by atoms with Crippen molar-refractivity contribution in [3.8, 4) is 5.75 Å². The number of ketones is 1. The molecule has 0 saturated heterocycles. The van der Waals surface area contributed by atoms with Crippen LogP contribution in [0.15, 0.2) is 23.0 Å². The summed E-state index contributed by atoms with van der Waals surface area (Å²) in [5.41, 5.74) is 8.47. The molecule has 0 radical (unpaired) electrons. The number of aliphatic hydroxyl groups is 2. The molecule has 3 unspecified atom stereocenters. The average molecular weight is 398 g/mol. The molecule has 0 heterocycles. The summed E-state index contributed by atoms with van der Waals surface area (Å²) >= 11 is 0. The number of Topliss-reactive ketones (excluding diaryl/α,β-unsaturated/α-hetero) is 1. The Balaban J connectivity index is 1.84. The van der Waals surface area contributed by atoms with Crippen LogP contribution in [-0.4, -0.2) is 41.1 Å². The number of benzene rings is 1. The van der Waals surface area contributed by atoms with Crippen molar-refractivity contribution in [3.05, 3.63) is 39.7 Å². The third-order valence-corrected chi connectivity index (χ3v) is 6.69. The number of carbonyl (C=O) groups excluding carboxylic acids is 2. The van der Waals surface area contributed by atoms with Gasteiger partial charge < -0.3 is 26.0 Å². The van der Waals surface area contributed by atoms with Crippen LogP contribution in [0.4, 0.5) is 5.69 Å². The first-order valence-electron chi connectivity index (χ1n) is 9.83. The Labute approximate surface area is 169 Å². The summed E-state index contributed by atoms with van der Waals surface area (Å²) in [6, 6.07) is 1.88. The second kappa shape index (κ2) is 6.54. The summed E-state index contributed by atoms with van der Waals surface area (Å²) in [7, 11) is 3.81. The number of amides is 1. The number of hydrogen-bond acceptors (Lipinski definition) is 6. The van der Waals surface area contributed by atoms with Crippen LogP contribution in [0, 0.1) is 24.7 Å². The molecule has 0 aliphatic heterocycles. The van der Waals surface area contributed by atoms with E-state index in [9.17, 15) is 24.9 Å². The summed E-state index contributed by atoms with van der Waals surface area (Å²) in [5, 5.41) is 32.0. The zero-order valence-electron chi connectivity index (χ0n) is 16.8. The number of aromatic hydroxyl groups is 1. The Morgan fingerprint density at radius 1 is 1.17 bits per heavy atom. The topological polar surface area (TPSA) is 124 Å². The Hall–Kier alpha value is -2.96. The van der Waals surface area contributed by atoms with Gasteiger partial charge in [-0.2, -0.15) is 0 Å². The zero-order valence-corrected chi connectivity index (χ0v) is 16.8. The van der Waals surface area contributed by atoms with Gasteiger partial charge in [-0.3, -0.25) is 9.59 Å². The van der Waals surface area contributed by atoms with E-state index in [1.165, 1.54) is 0 Å². The molecule has 1 amide bonds. The maximum Gasteiger partial charge on any atom is 0.248 e. The third kappa shape index (κ3) is 2.79. The van der Waals surface area contributed by atoms with E-state index < -0.39 is 11.8 Å². The van der Waals surface area contributed by atoms with Crippen molar-refractivity contribution in [1.29, 1.82) is 0 Å². The minimum atomic E-state index is -0.716. The van der Waals surface area contributed by atoms with Gasteiger partial charge in [0.25, 0.3) is 0 Å². The second-order valence-electron chi connectivity index (χ2n) is 8.64. The normalized spacial score (nSPS) is 26.0. The van der Waals surface area contributed by atoms with Crippen LogP contribution >= 0.6 is 0 Å². The van der Waals surface area contributed by atoms with E-state index in [4.69, 9.17) is 5.73 Å². The van der Waals surface area contributed by atoms with E-state index >= 15 is 0 Å². The Morgan fingerprint density at radius 3 is 2.48 bits per heavy atom. The third-order valence-electron chi connectivity index (χ3n) is 6.69. The number of anilines is 1. The summed E-state index contributed by atoms with van der Waals surface area (Å²) < 4.78 is 0. The minimum absolute atomic E-state index is 0.0111. The number of hydrogen-bond donors (Lipinski definition) is 4. The molecule has 4 rings (SSSR count). The van der Waals surface area contributed by atoms with Crippen LogP contribution in [0.5, 0.6) is 5.75 Å². The number of fused-ring (bicyclic) bond motifs is 3. The minimum Gasteiger partial charge on any atom is -0.512 e. The Bertz CT molecular complexity index is 1000. The lowest BCUT2D eigenvalue weighted by Gasteiger charge is -2.42. The van der Waals surface area contributed by atoms with Gasteiger partial charge in [-0.05, 0) is 55.2 Å². The van der Waals surface area contributed by atoms with E-state index in [0.717, 1.165) is 11.3 Å². The van der Waals surface area contributed by atoms with Gasteiger partial charge in [0.1, 0.15) is 17.3 Å². The SMILES string of the molecule is Cc1cc(N(C)C)c2c(c1O)C(O)=C1C(=O)C3CC(C(N)=O)=C(O)CC3CC1C2. The predicted octanol–water partition coefficient (Wildman–Crippen LogP) is 2.50. The molecule has 7 heteroatoms. The van der Waals surface area contributed by atoms with Crippen molar-refractivity contribution >= 4 is 23.1 Å². The van der Waals surface area contributed by atoms with Gasteiger partial charge in [0.2, 0.25) is 5.91 Å². The van der Waals surface area contributed by atoms with Crippen molar-refractivity contribution in [1.82, 2.24) is 0 Å². The molecule has 1 saturated carbocycles. The monoisotopic (exact) mass is 398 g/mol. The maximum atomic E-state index is 13.3. The number of aryl methyl sites for hydroxylation is 1. The van der Waals surface area contributed by atoms with E-state index in [1.807, 2.05) is 25.1 Å². The smallest absolute Gasteiger partial charge is 0.248 e. The van der Waals surface area contributed by atoms with Crippen molar-refractivity contribution in [2.75, 3.05) is 19.0 Å². The lowest BCUT2D eigenvalue weighted by atomic mass is 9.61. The van der Waals surface area contributed by atoms with E-state index in [1.54, 1.807) is 6.92 Å². The number of allylic oxidation sites excluding steroid dienone is 2. The van der Waals surface area contributed by atoms with Gasteiger partial charge in [-0.25, -0.2) is 0 Å². The second-order valence-corrected chi connectivity index (χ2v) is 8.64. The summed E-state index contributed by atoms with van der Waals surface area (Å²) in [5.74, 6) is -1.92. The number of phenolic OH excluding ortho intramolecular Hbond substituents is 1. The largest absolute Gasteiger partial charge is 0.512 e. The van der Waals surface area contributed by atoms with Crippen LogP contribution < -0.4 is 10.6 Å². The van der Waals surface area contributed by atoms with Gasteiger partial charge in [-0.15, -0.1) is 0 Å². The highest BCUT2D eigenvalue weighted by Gasteiger charge is 2.47. The number of nitrogens with zero attached hydrogens (tertiary/aromatic N) is 1. The van der Waals surface area contributed by atoms with Gasteiger partial charge in [-0.1, -0.05) is 0 Å². The molecule has 3 aliphatic rings. The molecule has 0 spiro atoms. The Morgan fingerprint density at radius 2 is 1.86 bits per heavy atom. The lowest BCUT2D eigenvalue weighted by Crippen LogP contribution is -2.41. The highest BCUT2D eigenvalue weighted by atomic mass is 16.3. The molecular weight excluding hydrogens is 372 g/mol. The fraction of sp³-hybridized carbons (Fsp3) is 0.455. The maximum absolute atomic E-state index is 13.3. The van der Waals surface area contributed by atoms with E-state index in [0.29, 0.717) is 29.5 Å². The number of nitrogens with two attached hydrogens (primary N) is 1. The molecule has 154 valence electrons. The molecule has 3 aliphatic carbocycles. The summed E-state index contributed by atoms with van der Waals surface area (Å²) in [4.78, 5) is 26.9. The van der Waals surface area contributed by atoms with Crippen molar-refractivity contribution < 1.29 is 24.9 Å². The molecule has 5 N–H and O–H groups in total. The first-order chi connectivity index (χ1) is 13.6. The fourth-order valence-corrected chi connectivity index (χ4v) is 5.27. The molecule has 0 aromatic heterocycles. The van der Waals surface area contributed by atoms with Crippen LogP contribution in [0.2, 0.25) is 0 Å². The summed E-state index contributed by atoms with van der Waals surface area (Å²) in [6.45, 7) is 1.76. The van der Waals surface area contributed by atoms with Crippen LogP contribution in [-0.2, 0) is 16.0 Å². The van der Waals surface area contributed by atoms with Gasteiger partial charge in [0.15, 0.2) is 5.78 Å². The number of phenols is 1. The van der Waals surface area contributed by atoms with Gasteiger partial charge in [0, 0.05) is 37.7 Å². The van der Waals surface area contributed by atoms with Crippen LogP contribution in [0.3, 0.4) is 0 Å². The molecule has 7 nitrogen and oxygen atoms in total. The van der Waals surface area contributed by atoms with Crippen molar-refractivity contribution in [2.24, 2.45) is 23.5 Å². The molecule has 0 bridgehead atoms. The predicted molar refractivity (Wildman–Crippen MR) is 109 cm³/mol. The molecule has 1 aromatic carbocycles. The van der Waals surface area contributed by atoms with E-state index in [2.05, 4.69) is 0 Å².